The largest absolute Gasteiger partial charge is 0.495 e. The number of aromatic nitrogens is 1. The molecule has 0 aliphatic heterocycles. The molecule has 8 nitrogen and oxygen atoms in total. The summed E-state index contributed by atoms with van der Waals surface area (Å²) in [7, 11) is -2.73. The van der Waals surface area contributed by atoms with Crippen molar-refractivity contribution < 1.29 is 17.9 Å². The number of benzene rings is 3. The van der Waals surface area contributed by atoms with E-state index >= 15 is 0 Å². The number of carbonyl (C=O) groups is 1. The van der Waals surface area contributed by atoms with Crippen molar-refractivity contribution >= 4 is 39.4 Å². The molecular weight excluding hydrogens is 548 g/mol. The lowest BCUT2D eigenvalue weighted by atomic mass is 10.1. The average Bonchev–Trinajstić information content (AvgIpc) is 3.19. The molecule has 0 aliphatic carbocycles. The summed E-state index contributed by atoms with van der Waals surface area (Å²) in [4.78, 5) is 13.0. The molecule has 40 heavy (non-hydrogen) atoms. The Hall–Kier alpha value is -4.08. The highest BCUT2D eigenvalue weighted by molar-refractivity contribution is 7.92. The minimum absolute atomic E-state index is 0.0205. The molecular formula is C30H31ClN4O4S. The van der Waals surface area contributed by atoms with E-state index in [2.05, 4.69) is 47.1 Å². The average molecular weight is 579 g/mol. The second kappa shape index (κ2) is 12.0. The van der Waals surface area contributed by atoms with Crippen LogP contribution in [0.2, 0.25) is 5.02 Å². The van der Waals surface area contributed by atoms with Crippen LogP contribution in [0.3, 0.4) is 0 Å². The highest BCUT2D eigenvalue weighted by atomic mass is 35.5. The molecule has 0 atom stereocenters. The molecule has 0 radical (unpaired) electrons. The SMILES string of the molecule is COc1ccc(Cl)cc1N(CC(=O)N/N=C/c1cc(C)n(-c2cc(C)cc(C)c2)c1C)S(=O)(=O)c1ccccc1. The lowest BCUT2D eigenvalue weighted by molar-refractivity contribution is -0.119. The molecule has 0 aliphatic rings. The third-order valence-corrected chi connectivity index (χ3v) is 8.36. The predicted octanol–water partition coefficient (Wildman–Crippen LogP) is 5.72. The molecule has 208 valence electrons. The molecule has 4 aromatic rings. The zero-order chi connectivity index (χ0) is 29.0. The van der Waals surface area contributed by atoms with Gasteiger partial charge in [0, 0.05) is 27.7 Å². The summed E-state index contributed by atoms with van der Waals surface area (Å²) >= 11 is 6.19. The van der Waals surface area contributed by atoms with Crippen LogP contribution in [0.1, 0.15) is 28.1 Å². The Balaban J connectivity index is 1.60. The van der Waals surface area contributed by atoms with Crippen molar-refractivity contribution in [2.45, 2.75) is 32.6 Å². The van der Waals surface area contributed by atoms with Gasteiger partial charge in [-0.25, -0.2) is 13.8 Å². The van der Waals surface area contributed by atoms with Gasteiger partial charge in [0.2, 0.25) is 0 Å². The van der Waals surface area contributed by atoms with E-state index in [9.17, 15) is 13.2 Å². The van der Waals surface area contributed by atoms with Crippen molar-refractivity contribution in [3.63, 3.8) is 0 Å². The van der Waals surface area contributed by atoms with Gasteiger partial charge in [-0.15, -0.1) is 0 Å². The van der Waals surface area contributed by atoms with Gasteiger partial charge in [-0.1, -0.05) is 35.9 Å². The minimum atomic E-state index is -4.14. The quantitative estimate of drug-likeness (QED) is 0.203. The molecule has 1 N–H and O–H groups in total. The molecule has 1 heterocycles. The standard InChI is InChI=1S/C30H31ClN4O4S/c1-20-13-21(2)15-26(14-20)35-22(3)16-24(23(35)4)18-32-33-30(36)19-34(28-17-25(31)11-12-29(28)39-5)40(37,38)27-9-7-6-8-10-27/h6-18H,19H2,1-5H3,(H,33,36)/b32-18+. The molecule has 4 rings (SSSR count). The number of amides is 1. The Labute approximate surface area is 239 Å². The summed E-state index contributed by atoms with van der Waals surface area (Å²) in [6.45, 7) is 7.55. The Morgan fingerprint density at radius 1 is 1.00 bits per heavy atom. The van der Waals surface area contributed by atoms with Crippen molar-refractivity contribution in [3.05, 3.63) is 106 Å². The van der Waals surface area contributed by atoms with E-state index in [4.69, 9.17) is 16.3 Å². The number of nitrogens with zero attached hydrogens (tertiary/aromatic N) is 3. The van der Waals surface area contributed by atoms with Crippen LogP contribution in [0.15, 0.2) is 82.8 Å². The first-order valence-corrected chi connectivity index (χ1v) is 14.3. The number of carbonyl (C=O) groups excluding carboxylic acids is 1. The number of hydrogen-bond donors (Lipinski definition) is 1. The third kappa shape index (κ3) is 6.21. The van der Waals surface area contributed by atoms with Crippen molar-refractivity contribution in [3.8, 4) is 11.4 Å². The van der Waals surface area contributed by atoms with E-state index in [0.29, 0.717) is 5.02 Å². The molecule has 10 heteroatoms. The van der Waals surface area contributed by atoms with E-state index in [1.807, 2.05) is 19.9 Å². The van der Waals surface area contributed by atoms with Crippen LogP contribution in [0.4, 0.5) is 5.69 Å². The normalized spacial score (nSPS) is 11.6. The molecule has 1 amide bonds. The summed E-state index contributed by atoms with van der Waals surface area (Å²) in [5.41, 5.74) is 8.77. The summed E-state index contributed by atoms with van der Waals surface area (Å²) in [5, 5.41) is 4.42. The van der Waals surface area contributed by atoms with Crippen LogP contribution in [-0.4, -0.2) is 38.8 Å². The molecule has 0 saturated carbocycles. The van der Waals surface area contributed by atoms with Gasteiger partial charge >= 0.3 is 0 Å². The van der Waals surface area contributed by atoms with E-state index < -0.39 is 22.5 Å². The molecule has 0 bridgehead atoms. The van der Waals surface area contributed by atoms with E-state index in [0.717, 1.165) is 38.1 Å². The van der Waals surface area contributed by atoms with Crippen LogP contribution >= 0.6 is 11.6 Å². The fourth-order valence-corrected chi connectivity index (χ4v) is 6.22. The van der Waals surface area contributed by atoms with Crippen LogP contribution in [0.5, 0.6) is 5.75 Å². The number of anilines is 1. The van der Waals surface area contributed by atoms with Gasteiger partial charge in [-0.2, -0.15) is 5.10 Å². The van der Waals surface area contributed by atoms with Gasteiger partial charge in [0.25, 0.3) is 15.9 Å². The number of aryl methyl sites for hydroxylation is 3. The summed E-state index contributed by atoms with van der Waals surface area (Å²) < 4.78 is 35.7. The maximum Gasteiger partial charge on any atom is 0.264 e. The number of halogens is 1. The number of hydrogen-bond acceptors (Lipinski definition) is 5. The zero-order valence-electron chi connectivity index (χ0n) is 23.0. The number of sulfonamides is 1. The molecule has 0 saturated heterocycles. The summed E-state index contributed by atoms with van der Waals surface area (Å²) in [6.07, 6.45) is 1.55. The van der Waals surface area contributed by atoms with Gasteiger partial charge in [0.15, 0.2) is 0 Å². The lowest BCUT2D eigenvalue weighted by Gasteiger charge is -2.25. The van der Waals surface area contributed by atoms with Gasteiger partial charge in [0.1, 0.15) is 12.3 Å². The maximum atomic E-state index is 13.6. The van der Waals surface area contributed by atoms with Crippen molar-refractivity contribution in [2.24, 2.45) is 5.10 Å². The summed E-state index contributed by atoms with van der Waals surface area (Å²) in [5.74, 6) is -0.389. The fourth-order valence-electron chi connectivity index (χ4n) is 4.61. The number of rotatable bonds is 9. The number of nitrogens with one attached hydrogen (secondary N) is 1. The number of methoxy groups -OCH3 is 1. The monoisotopic (exact) mass is 578 g/mol. The van der Waals surface area contributed by atoms with Crippen molar-refractivity contribution in [1.82, 2.24) is 9.99 Å². The predicted molar refractivity (Wildman–Crippen MR) is 159 cm³/mol. The first-order valence-electron chi connectivity index (χ1n) is 12.5. The highest BCUT2D eigenvalue weighted by Crippen LogP contribution is 2.34. The number of ether oxygens (including phenoxy) is 1. The maximum absolute atomic E-state index is 13.6. The second-order valence-corrected chi connectivity index (χ2v) is 11.7. The van der Waals surface area contributed by atoms with E-state index in [-0.39, 0.29) is 16.3 Å². The lowest BCUT2D eigenvalue weighted by Crippen LogP contribution is -2.39. The molecule has 3 aromatic carbocycles. The van der Waals surface area contributed by atoms with Crippen LogP contribution in [0.25, 0.3) is 5.69 Å². The first-order chi connectivity index (χ1) is 19.0. The Morgan fingerprint density at radius 3 is 2.33 bits per heavy atom. The topological polar surface area (TPSA) is 93.0 Å². The van der Waals surface area contributed by atoms with Crippen LogP contribution < -0.4 is 14.5 Å². The van der Waals surface area contributed by atoms with E-state index in [1.54, 1.807) is 36.5 Å². The minimum Gasteiger partial charge on any atom is -0.495 e. The third-order valence-electron chi connectivity index (χ3n) is 6.36. The van der Waals surface area contributed by atoms with Crippen molar-refractivity contribution in [1.29, 1.82) is 0 Å². The Bertz CT molecular complexity index is 1660. The molecule has 0 spiro atoms. The highest BCUT2D eigenvalue weighted by Gasteiger charge is 2.29. The zero-order valence-corrected chi connectivity index (χ0v) is 24.5. The van der Waals surface area contributed by atoms with Gasteiger partial charge in [-0.05, 0) is 87.4 Å². The second-order valence-electron chi connectivity index (χ2n) is 9.44. The van der Waals surface area contributed by atoms with Gasteiger partial charge in [-0.3, -0.25) is 9.10 Å². The van der Waals surface area contributed by atoms with E-state index in [1.165, 1.54) is 25.3 Å². The summed E-state index contributed by atoms with van der Waals surface area (Å²) in [6, 6.07) is 20.7. The van der Waals surface area contributed by atoms with Crippen LogP contribution in [0, 0.1) is 27.7 Å². The molecule has 1 aromatic heterocycles. The van der Waals surface area contributed by atoms with Gasteiger partial charge in [0.05, 0.1) is 23.9 Å². The van der Waals surface area contributed by atoms with Crippen molar-refractivity contribution in [2.75, 3.05) is 18.0 Å². The molecule has 0 fully saturated rings. The van der Waals surface area contributed by atoms with Gasteiger partial charge < -0.3 is 9.30 Å². The Morgan fingerprint density at radius 2 is 1.68 bits per heavy atom. The van der Waals surface area contributed by atoms with Crippen LogP contribution in [-0.2, 0) is 14.8 Å². The smallest absolute Gasteiger partial charge is 0.264 e. The Kier molecular flexibility index (Phi) is 8.66. The fraction of sp³-hybridized carbons (Fsp3) is 0.200. The number of hydrazone groups is 1. The first kappa shape index (κ1) is 28.9. The molecule has 0 unspecified atom stereocenters.